The summed E-state index contributed by atoms with van der Waals surface area (Å²) in [6.07, 6.45) is 0. The summed E-state index contributed by atoms with van der Waals surface area (Å²) in [7, 11) is 0. The molecule has 4 aromatic carbocycles. The molecule has 0 aliphatic heterocycles. The first-order chi connectivity index (χ1) is 15.6. The second kappa shape index (κ2) is 8.57. The highest BCUT2D eigenvalue weighted by atomic mass is 16.3. The van der Waals surface area contributed by atoms with Crippen LogP contribution in [0.1, 0.15) is 45.7 Å². The van der Waals surface area contributed by atoms with Gasteiger partial charge in [0.05, 0.1) is 0 Å². The summed E-state index contributed by atoms with van der Waals surface area (Å²) in [4.78, 5) is 0. The van der Waals surface area contributed by atoms with Crippen LogP contribution in [0.5, 0.6) is 11.5 Å². The molecule has 0 aromatic heterocycles. The van der Waals surface area contributed by atoms with Crippen LogP contribution < -0.4 is 0 Å². The second-order valence-electron chi connectivity index (χ2n) is 9.72. The van der Waals surface area contributed by atoms with E-state index in [1.165, 1.54) is 0 Å². The molecule has 0 spiro atoms. The molecule has 0 aliphatic rings. The molecule has 0 fully saturated rings. The molecule has 164 valence electrons. The van der Waals surface area contributed by atoms with Crippen molar-refractivity contribution in [1.82, 2.24) is 0 Å². The first kappa shape index (κ1) is 22.3. The maximum atomic E-state index is 10.9. The van der Waals surface area contributed by atoms with E-state index in [0.29, 0.717) is 17.0 Å². The predicted octanol–water partition coefficient (Wildman–Crippen LogP) is 7.48. The van der Waals surface area contributed by atoms with Crippen molar-refractivity contribution >= 4 is 21.5 Å². The molecule has 0 bridgehead atoms. The van der Waals surface area contributed by atoms with Crippen LogP contribution in [0.2, 0.25) is 0 Å². The molecule has 0 saturated carbocycles. The number of hydrogen-bond acceptors (Lipinski definition) is 2. The minimum absolute atomic E-state index is 0.0811. The van der Waals surface area contributed by atoms with Gasteiger partial charge in [-0.05, 0) is 78.7 Å². The average Bonchev–Trinajstić information content (AvgIpc) is 2.76. The molecule has 0 radical (unpaired) electrons. The number of rotatable bonds is 1. The van der Waals surface area contributed by atoms with E-state index in [9.17, 15) is 10.2 Å². The molecule has 0 unspecified atom stereocenters. The van der Waals surface area contributed by atoms with Gasteiger partial charge in [0.25, 0.3) is 0 Å². The molecule has 0 saturated heterocycles. The van der Waals surface area contributed by atoms with Gasteiger partial charge in [0.2, 0.25) is 0 Å². The van der Waals surface area contributed by atoms with Crippen molar-refractivity contribution in [2.45, 2.75) is 34.6 Å². The Bertz CT molecular complexity index is 1490. The van der Waals surface area contributed by atoms with Gasteiger partial charge in [-0.25, -0.2) is 0 Å². The first-order valence-electron chi connectivity index (χ1n) is 11.2. The lowest BCUT2D eigenvalue weighted by atomic mass is 9.91. The van der Waals surface area contributed by atoms with Gasteiger partial charge in [-0.1, -0.05) is 61.8 Å². The Kier molecular flexibility index (Phi) is 5.80. The molecule has 4 rings (SSSR count). The molecule has 2 N–H and O–H groups in total. The van der Waals surface area contributed by atoms with Crippen LogP contribution in [0.4, 0.5) is 0 Å². The Morgan fingerprint density at radius 3 is 1.61 bits per heavy atom. The van der Waals surface area contributed by atoms with E-state index >= 15 is 0 Å². The van der Waals surface area contributed by atoms with Crippen LogP contribution in [-0.2, 0) is 0 Å². The van der Waals surface area contributed by atoms with Crippen LogP contribution in [0.15, 0.2) is 60.7 Å². The number of hydrogen-bond donors (Lipinski definition) is 2. The van der Waals surface area contributed by atoms with Gasteiger partial charge < -0.3 is 10.2 Å². The lowest BCUT2D eigenvalue weighted by molar-refractivity contribution is 0.470. The maximum Gasteiger partial charge on any atom is 0.124 e. The Balaban J connectivity index is 1.93. The molecular formula is C31H28O2. The van der Waals surface area contributed by atoms with Crippen LogP contribution in [-0.4, -0.2) is 10.2 Å². The fourth-order valence-electron chi connectivity index (χ4n) is 3.80. The number of fused-ring (bicyclic) bond motifs is 2. The SMILES string of the molecule is CC(C)C#Cc1ccc2c(-c3c(O)ccc4cc(C#CC(C)(C)C)ccc34)c(O)ccc2c1. The summed E-state index contributed by atoms with van der Waals surface area (Å²) in [5.74, 6) is 13.5. The highest BCUT2D eigenvalue weighted by Crippen LogP contribution is 2.44. The van der Waals surface area contributed by atoms with E-state index in [1.807, 2.05) is 48.5 Å². The maximum absolute atomic E-state index is 10.9. The highest BCUT2D eigenvalue weighted by molar-refractivity contribution is 6.09. The second-order valence-corrected chi connectivity index (χ2v) is 9.72. The third-order valence-corrected chi connectivity index (χ3v) is 5.33. The third kappa shape index (κ3) is 4.82. The van der Waals surface area contributed by atoms with Crippen LogP contribution in [0.3, 0.4) is 0 Å². The number of phenolic OH excluding ortho intramolecular Hbond substituents is 2. The molecule has 2 heteroatoms. The normalized spacial score (nSPS) is 11.2. The molecule has 0 heterocycles. The Morgan fingerprint density at radius 2 is 1.15 bits per heavy atom. The van der Waals surface area contributed by atoms with Crippen LogP contribution in [0, 0.1) is 35.0 Å². The van der Waals surface area contributed by atoms with Crippen molar-refractivity contribution in [3.63, 3.8) is 0 Å². The van der Waals surface area contributed by atoms with Crippen molar-refractivity contribution < 1.29 is 10.2 Å². The Morgan fingerprint density at radius 1 is 0.667 bits per heavy atom. The minimum atomic E-state index is -0.0811. The van der Waals surface area contributed by atoms with Gasteiger partial charge in [0.15, 0.2) is 0 Å². The zero-order valence-corrected chi connectivity index (χ0v) is 19.7. The van der Waals surface area contributed by atoms with Gasteiger partial charge >= 0.3 is 0 Å². The van der Waals surface area contributed by atoms with E-state index in [-0.39, 0.29) is 16.9 Å². The summed E-state index contributed by atoms with van der Waals surface area (Å²) in [6.45, 7) is 10.4. The fraction of sp³-hybridized carbons (Fsp3) is 0.226. The largest absolute Gasteiger partial charge is 0.507 e. The van der Waals surface area contributed by atoms with Gasteiger partial charge in [-0.2, -0.15) is 0 Å². The van der Waals surface area contributed by atoms with Crippen molar-refractivity contribution in [2.75, 3.05) is 0 Å². The minimum Gasteiger partial charge on any atom is -0.507 e. The summed E-state index contributed by atoms with van der Waals surface area (Å²) in [5.41, 5.74) is 3.00. The monoisotopic (exact) mass is 432 g/mol. The number of phenols is 2. The van der Waals surface area contributed by atoms with Crippen LogP contribution in [0.25, 0.3) is 32.7 Å². The topological polar surface area (TPSA) is 40.5 Å². The number of aromatic hydroxyl groups is 2. The third-order valence-electron chi connectivity index (χ3n) is 5.33. The van der Waals surface area contributed by atoms with E-state index < -0.39 is 0 Å². The van der Waals surface area contributed by atoms with Crippen LogP contribution >= 0.6 is 0 Å². The van der Waals surface area contributed by atoms with Gasteiger partial charge in [0, 0.05) is 33.6 Å². The fourth-order valence-corrected chi connectivity index (χ4v) is 3.80. The van der Waals surface area contributed by atoms with Gasteiger partial charge in [0.1, 0.15) is 11.5 Å². The quantitative estimate of drug-likeness (QED) is 0.306. The molecule has 0 amide bonds. The zero-order valence-electron chi connectivity index (χ0n) is 19.7. The lowest BCUT2D eigenvalue weighted by Gasteiger charge is -2.14. The van der Waals surface area contributed by atoms with Gasteiger partial charge in [-0.3, -0.25) is 0 Å². The van der Waals surface area contributed by atoms with Crippen molar-refractivity contribution in [2.24, 2.45) is 11.3 Å². The molecule has 33 heavy (non-hydrogen) atoms. The zero-order chi connectivity index (χ0) is 23.8. The molecular weight excluding hydrogens is 404 g/mol. The van der Waals surface area contributed by atoms with Crippen molar-refractivity contribution in [3.05, 3.63) is 71.8 Å². The molecule has 2 nitrogen and oxygen atoms in total. The Hall–Kier alpha value is -3.88. The standard InChI is InChI=1S/C31H28O2/c1-20(2)6-7-21-8-12-25-23(18-21)10-14-27(32)29(25)30-26-13-9-22(16-17-31(3,4)5)19-24(26)11-15-28(30)33/h8-15,18-20,32-33H,1-5H3. The molecule has 4 aromatic rings. The Labute approximate surface area is 195 Å². The first-order valence-corrected chi connectivity index (χ1v) is 11.2. The highest BCUT2D eigenvalue weighted by Gasteiger charge is 2.17. The predicted molar refractivity (Wildman–Crippen MR) is 138 cm³/mol. The van der Waals surface area contributed by atoms with E-state index in [1.54, 1.807) is 12.1 Å². The van der Waals surface area contributed by atoms with Crippen molar-refractivity contribution in [3.8, 4) is 46.3 Å². The summed E-state index contributed by atoms with van der Waals surface area (Å²) in [5, 5.41) is 25.4. The van der Waals surface area contributed by atoms with E-state index in [4.69, 9.17) is 0 Å². The summed E-state index contributed by atoms with van der Waals surface area (Å²) in [6, 6.07) is 19.0. The summed E-state index contributed by atoms with van der Waals surface area (Å²) < 4.78 is 0. The van der Waals surface area contributed by atoms with Crippen molar-refractivity contribution in [1.29, 1.82) is 0 Å². The van der Waals surface area contributed by atoms with E-state index in [0.717, 1.165) is 32.7 Å². The van der Waals surface area contributed by atoms with E-state index in [2.05, 4.69) is 58.3 Å². The average molecular weight is 433 g/mol. The molecule has 0 aliphatic carbocycles. The number of benzene rings is 4. The lowest BCUT2D eigenvalue weighted by Crippen LogP contribution is -1.99. The molecule has 0 atom stereocenters. The smallest absolute Gasteiger partial charge is 0.124 e. The summed E-state index contributed by atoms with van der Waals surface area (Å²) >= 11 is 0. The van der Waals surface area contributed by atoms with Gasteiger partial charge in [-0.15, -0.1) is 0 Å².